The minimum absolute atomic E-state index is 0.159. The molecule has 0 aliphatic carbocycles. The predicted molar refractivity (Wildman–Crippen MR) is 62.7 cm³/mol. The van der Waals surface area contributed by atoms with Crippen molar-refractivity contribution in [2.75, 3.05) is 0 Å². The van der Waals surface area contributed by atoms with Crippen LogP contribution in [0.1, 0.15) is 10.4 Å². The molecule has 0 aromatic carbocycles. The molecule has 0 saturated heterocycles. The zero-order valence-corrected chi connectivity index (χ0v) is 9.39. The van der Waals surface area contributed by atoms with E-state index in [4.69, 9.17) is 11.6 Å². The van der Waals surface area contributed by atoms with Crippen molar-refractivity contribution in [1.29, 1.82) is 0 Å². The predicted octanol–water partition coefficient (Wildman–Crippen LogP) is 2.09. The zero-order valence-electron chi connectivity index (χ0n) is 8.63. The highest BCUT2D eigenvalue weighted by Gasteiger charge is 2.19. The number of ketones is 1. The molecular formula is C12H7ClN2O2. The molecule has 2 aromatic heterocycles. The molecule has 0 unspecified atom stereocenters. The third kappa shape index (κ3) is 2.37. The summed E-state index contributed by atoms with van der Waals surface area (Å²) in [4.78, 5) is 30.6. The summed E-state index contributed by atoms with van der Waals surface area (Å²) < 4.78 is 0. The molecule has 0 bridgehead atoms. The van der Waals surface area contributed by atoms with E-state index in [0.717, 1.165) is 0 Å². The Morgan fingerprint density at radius 3 is 2.41 bits per heavy atom. The smallest absolute Gasteiger partial charge is 0.284 e. The summed E-state index contributed by atoms with van der Waals surface area (Å²) in [5.41, 5.74) is 1.03. The van der Waals surface area contributed by atoms with Gasteiger partial charge in [0.2, 0.25) is 5.78 Å². The van der Waals surface area contributed by atoms with Gasteiger partial charge >= 0.3 is 0 Å². The number of hydrogen-bond donors (Lipinski definition) is 0. The van der Waals surface area contributed by atoms with Crippen molar-refractivity contribution < 1.29 is 9.59 Å². The van der Waals surface area contributed by atoms with Crippen LogP contribution >= 0.6 is 11.6 Å². The van der Waals surface area contributed by atoms with Crippen LogP contribution in [0.2, 0.25) is 0 Å². The monoisotopic (exact) mass is 246 g/mol. The van der Waals surface area contributed by atoms with E-state index in [0.29, 0.717) is 11.4 Å². The molecular weight excluding hydrogens is 240 g/mol. The van der Waals surface area contributed by atoms with Gasteiger partial charge in [-0.25, -0.2) is 0 Å². The van der Waals surface area contributed by atoms with Gasteiger partial charge in [0.05, 0.1) is 17.0 Å². The summed E-state index contributed by atoms with van der Waals surface area (Å²) in [5, 5.41) is -1.03. The van der Waals surface area contributed by atoms with Gasteiger partial charge in [0.25, 0.3) is 5.24 Å². The number of aromatic nitrogens is 2. The molecule has 0 fully saturated rings. The highest BCUT2D eigenvalue weighted by molar-refractivity contribution is 6.83. The minimum Gasteiger partial charge on any atom is -0.284 e. The first-order chi connectivity index (χ1) is 8.20. The zero-order chi connectivity index (χ0) is 12.3. The second-order valence-electron chi connectivity index (χ2n) is 3.22. The second-order valence-corrected chi connectivity index (χ2v) is 3.56. The molecule has 0 N–H and O–H groups in total. The third-order valence-electron chi connectivity index (χ3n) is 2.14. The number of Topliss-reactive ketones (excluding diaryl/α,β-unsaturated/α-hetero) is 1. The number of halogens is 1. The molecule has 17 heavy (non-hydrogen) atoms. The molecule has 4 nitrogen and oxygen atoms in total. The number of pyridine rings is 2. The lowest BCUT2D eigenvalue weighted by Crippen LogP contribution is -2.10. The van der Waals surface area contributed by atoms with Crippen LogP contribution in [0.15, 0.2) is 42.7 Å². The van der Waals surface area contributed by atoms with Gasteiger partial charge in [0.15, 0.2) is 0 Å². The Balaban J connectivity index is 2.56. The van der Waals surface area contributed by atoms with Crippen LogP contribution in [0.3, 0.4) is 0 Å². The molecule has 0 saturated carbocycles. The van der Waals surface area contributed by atoms with Crippen molar-refractivity contribution in [2.45, 2.75) is 0 Å². The average molecular weight is 247 g/mol. The first-order valence-electron chi connectivity index (χ1n) is 4.80. The van der Waals surface area contributed by atoms with E-state index < -0.39 is 11.0 Å². The quantitative estimate of drug-likeness (QED) is 0.473. The van der Waals surface area contributed by atoms with Crippen LogP contribution < -0.4 is 0 Å². The average Bonchev–Trinajstić information content (AvgIpc) is 2.39. The van der Waals surface area contributed by atoms with Crippen molar-refractivity contribution >= 4 is 22.6 Å². The number of carbonyl (C=O) groups excluding carboxylic acids is 2. The summed E-state index contributed by atoms with van der Waals surface area (Å²) in [6, 6.07) is 8.30. The van der Waals surface area contributed by atoms with Crippen molar-refractivity contribution in [3.8, 4) is 11.4 Å². The lowest BCUT2D eigenvalue weighted by molar-refractivity contribution is -0.108. The molecule has 0 aliphatic rings. The summed E-state index contributed by atoms with van der Waals surface area (Å²) in [6.07, 6.45) is 3.11. The fraction of sp³-hybridized carbons (Fsp3) is 0. The Labute approximate surface area is 102 Å². The molecule has 0 radical (unpaired) electrons. The van der Waals surface area contributed by atoms with Crippen molar-refractivity contribution in [3.63, 3.8) is 0 Å². The summed E-state index contributed by atoms with van der Waals surface area (Å²) >= 11 is 5.19. The Bertz CT molecular complexity index is 570. The fourth-order valence-corrected chi connectivity index (χ4v) is 1.50. The Morgan fingerprint density at radius 2 is 1.76 bits per heavy atom. The van der Waals surface area contributed by atoms with Gasteiger partial charge in [-0.1, -0.05) is 6.07 Å². The molecule has 5 heteroatoms. The van der Waals surface area contributed by atoms with Gasteiger partial charge in [0.1, 0.15) is 0 Å². The minimum atomic E-state index is -1.03. The topological polar surface area (TPSA) is 59.9 Å². The highest BCUT2D eigenvalue weighted by Crippen LogP contribution is 2.19. The molecule has 0 atom stereocenters. The largest absolute Gasteiger partial charge is 0.293 e. The number of rotatable bonds is 3. The number of carbonyl (C=O) groups is 2. The Morgan fingerprint density at radius 1 is 1.00 bits per heavy atom. The van der Waals surface area contributed by atoms with Gasteiger partial charge in [-0.3, -0.25) is 19.6 Å². The van der Waals surface area contributed by atoms with Crippen molar-refractivity contribution in [2.24, 2.45) is 0 Å². The fourth-order valence-electron chi connectivity index (χ4n) is 1.40. The molecule has 2 rings (SSSR count). The molecule has 0 amide bonds. The van der Waals surface area contributed by atoms with E-state index in [1.165, 1.54) is 12.3 Å². The van der Waals surface area contributed by atoms with Crippen LogP contribution in [0.25, 0.3) is 11.4 Å². The molecule has 0 aliphatic heterocycles. The third-order valence-corrected chi connectivity index (χ3v) is 2.31. The Kier molecular flexibility index (Phi) is 3.25. The van der Waals surface area contributed by atoms with E-state index in [9.17, 15) is 9.59 Å². The molecule has 2 aromatic rings. The normalized spacial score (nSPS) is 9.94. The van der Waals surface area contributed by atoms with E-state index in [-0.39, 0.29) is 5.56 Å². The molecule has 84 valence electrons. The summed E-state index contributed by atoms with van der Waals surface area (Å²) in [6.45, 7) is 0. The summed E-state index contributed by atoms with van der Waals surface area (Å²) in [5.74, 6) is -0.777. The van der Waals surface area contributed by atoms with E-state index in [1.54, 1.807) is 30.5 Å². The number of hydrogen-bond acceptors (Lipinski definition) is 4. The van der Waals surface area contributed by atoms with Gasteiger partial charge < -0.3 is 0 Å². The van der Waals surface area contributed by atoms with E-state index in [1.807, 2.05) is 0 Å². The lowest BCUT2D eigenvalue weighted by Gasteiger charge is -2.04. The van der Waals surface area contributed by atoms with Crippen LogP contribution in [-0.4, -0.2) is 21.0 Å². The van der Waals surface area contributed by atoms with Crippen LogP contribution in [0.4, 0.5) is 0 Å². The maximum absolute atomic E-state index is 11.6. The molecule has 0 spiro atoms. The van der Waals surface area contributed by atoms with Crippen LogP contribution in [-0.2, 0) is 4.79 Å². The first kappa shape index (κ1) is 11.4. The summed E-state index contributed by atoms with van der Waals surface area (Å²) in [7, 11) is 0. The molecule has 2 heterocycles. The van der Waals surface area contributed by atoms with Crippen molar-refractivity contribution in [1.82, 2.24) is 9.97 Å². The Hall–Kier alpha value is -2.07. The van der Waals surface area contributed by atoms with Crippen LogP contribution in [0, 0.1) is 0 Å². The van der Waals surface area contributed by atoms with Gasteiger partial charge in [0, 0.05) is 12.4 Å². The standard InChI is InChI=1S/C12H7ClN2O2/c13-12(17)11(16)8-4-3-7-15-10(8)9-5-1-2-6-14-9/h1-7H. The maximum atomic E-state index is 11.6. The number of nitrogens with zero attached hydrogens (tertiary/aromatic N) is 2. The van der Waals surface area contributed by atoms with E-state index in [2.05, 4.69) is 9.97 Å². The van der Waals surface area contributed by atoms with E-state index >= 15 is 0 Å². The highest BCUT2D eigenvalue weighted by atomic mass is 35.5. The van der Waals surface area contributed by atoms with Crippen molar-refractivity contribution in [3.05, 3.63) is 48.3 Å². The van der Waals surface area contributed by atoms with Gasteiger partial charge in [-0.05, 0) is 35.9 Å². The lowest BCUT2D eigenvalue weighted by atomic mass is 10.1. The van der Waals surface area contributed by atoms with Gasteiger partial charge in [-0.15, -0.1) is 0 Å². The van der Waals surface area contributed by atoms with Crippen LogP contribution in [0.5, 0.6) is 0 Å². The first-order valence-corrected chi connectivity index (χ1v) is 5.18. The maximum Gasteiger partial charge on any atom is 0.293 e. The second kappa shape index (κ2) is 4.84. The SMILES string of the molecule is O=C(Cl)C(=O)c1cccnc1-c1ccccn1. The van der Waals surface area contributed by atoms with Gasteiger partial charge in [-0.2, -0.15) is 0 Å².